The standard InChI is InChI=1S/C19H18N4O4/c24-19(27-18-5-1-14(2-6-18)15-9-10-25-11-15)12-26-17-7-3-16(4-8-17)23-13-20-21-22-23/h1-8,13,15H,9-12H2. The van der Waals surface area contributed by atoms with Gasteiger partial charge in [-0.2, -0.15) is 0 Å². The molecule has 0 amide bonds. The fraction of sp³-hybridized carbons (Fsp3) is 0.263. The number of ether oxygens (including phenoxy) is 3. The number of hydrogen-bond acceptors (Lipinski definition) is 7. The summed E-state index contributed by atoms with van der Waals surface area (Å²) in [5, 5.41) is 11.0. The molecule has 0 spiro atoms. The molecule has 1 saturated heterocycles. The summed E-state index contributed by atoms with van der Waals surface area (Å²) in [6.45, 7) is 1.37. The van der Waals surface area contributed by atoms with Gasteiger partial charge in [-0.05, 0) is 58.8 Å². The molecule has 0 saturated carbocycles. The predicted molar refractivity (Wildman–Crippen MR) is 94.9 cm³/mol. The average molecular weight is 366 g/mol. The lowest BCUT2D eigenvalue weighted by molar-refractivity contribution is -0.136. The van der Waals surface area contributed by atoms with Crippen LogP contribution in [0.5, 0.6) is 11.5 Å². The maximum Gasteiger partial charge on any atom is 0.349 e. The van der Waals surface area contributed by atoms with Gasteiger partial charge >= 0.3 is 5.97 Å². The maximum absolute atomic E-state index is 12.0. The summed E-state index contributed by atoms with van der Waals surface area (Å²) in [6.07, 6.45) is 2.53. The van der Waals surface area contributed by atoms with Crippen LogP contribution in [0.1, 0.15) is 17.9 Å². The maximum atomic E-state index is 12.0. The summed E-state index contributed by atoms with van der Waals surface area (Å²) in [4.78, 5) is 12.0. The summed E-state index contributed by atoms with van der Waals surface area (Å²) < 4.78 is 17.7. The molecule has 1 aliphatic heterocycles. The number of benzene rings is 2. The molecule has 0 bridgehead atoms. The third-order valence-corrected chi connectivity index (χ3v) is 4.32. The van der Waals surface area contributed by atoms with Crippen molar-refractivity contribution in [3.8, 4) is 17.2 Å². The molecule has 1 aliphatic rings. The molecule has 0 radical (unpaired) electrons. The number of nitrogens with zero attached hydrogens (tertiary/aromatic N) is 4. The largest absolute Gasteiger partial charge is 0.482 e. The van der Waals surface area contributed by atoms with Gasteiger partial charge in [0.2, 0.25) is 0 Å². The van der Waals surface area contributed by atoms with Crippen LogP contribution < -0.4 is 9.47 Å². The van der Waals surface area contributed by atoms with E-state index in [-0.39, 0.29) is 6.61 Å². The van der Waals surface area contributed by atoms with E-state index in [1.54, 1.807) is 36.4 Å². The molecule has 1 aromatic heterocycles. The highest BCUT2D eigenvalue weighted by molar-refractivity contribution is 5.74. The van der Waals surface area contributed by atoms with Gasteiger partial charge in [0.1, 0.15) is 17.8 Å². The molecule has 8 heteroatoms. The Morgan fingerprint density at radius 2 is 1.89 bits per heavy atom. The third-order valence-electron chi connectivity index (χ3n) is 4.32. The van der Waals surface area contributed by atoms with E-state index in [9.17, 15) is 4.79 Å². The van der Waals surface area contributed by atoms with Crippen molar-refractivity contribution in [2.45, 2.75) is 12.3 Å². The smallest absolute Gasteiger partial charge is 0.349 e. The van der Waals surface area contributed by atoms with Crippen molar-refractivity contribution in [2.75, 3.05) is 19.8 Å². The first-order valence-electron chi connectivity index (χ1n) is 8.62. The van der Waals surface area contributed by atoms with Crippen LogP contribution in [0.3, 0.4) is 0 Å². The summed E-state index contributed by atoms with van der Waals surface area (Å²) in [5.74, 6) is 1.02. The van der Waals surface area contributed by atoms with Crippen LogP contribution in [0.2, 0.25) is 0 Å². The highest BCUT2D eigenvalue weighted by Gasteiger charge is 2.17. The molecule has 27 heavy (non-hydrogen) atoms. The van der Waals surface area contributed by atoms with Crippen molar-refractivity contribution in [3.05, 3.63) is 60.4 Å². The van der Waals surface area contributed by atoms with Gasteiger partial charge in [0.05, 0.1) is 12.3 Å². The number of rotatable bonds is 6. The Hall–Kier alpha value is -3.26. The monoisotopic (exact) mass is 366 g/mol. The lowest BCUT2D eigenvalue weighted by Crippen LogP contribution is -2.17. The van der Waals surface area contributed by atoms with E-state index < -0.39 is 5.97 Å². The van der Waals surface area contributed by atoms with E-state index in [1.807, 2.05) is 12.1 Å². The van der Waals surface area contributed by atoms with E-state index >= 15 is 0 Å². The minimum absolute atomic E-state index is 0.178. The van der Waals surface area contributed by atoms with Crippen LogP contribution in [-0.4, -0.2) is 46.0 Å². The molecule has 138 valence electrons. The fourth-order valence-corrected chi connectivity index (χ4v) is 2.88. The van der Waals surface area contributed by atoms with Crippen molar-refractivity contribution >= 4 is 5.97 Å². The average Bonchev–Trinajstić information content (AvgIpc) is 3.41. The Kier molecular flexibility index (Phi) is 5.06. The van der Waals surface area contributed by atoms with E-state index in [1.165, 1.54) is 16.6 Å². The summed E-state index contributed by atoms with van der Waals surface area (Å²) in [5.41, 5.74) is 1.99. The molecule has 0 N–H and O–H groups in total. The molecular formula is C19H18N4O4. The minimum atomic E-state index is -0.462. The van der Waals surface area contributed by atoms with Gasteiger partial charge in [0, 0.05) is 12.5 Å². The SMILES string of the molecule is O=C(COc1ccc(-n2cnnn2)cc1)Oc1ccc(C2CCOC2)cc1. The number of aromatic nitrogens is 4. The van der Waals surface area contributed by atoms with Crippen LogP contribution in [0, 0.1) is 0 Å². The number of esters is 1. The van der Waals surface area contributed by atoms with Gasteiger partial charge in [0.25, 0.3) is 0 Å². The molecule has 3 aromatic rings. The predicted octanol–water partition coefficient (Wildman–Crippen LogP) is 2.15. The van der Waals surface area contributed by atoms with Crippen LogP contribution in [0.25, 0.3) is 5.69 Å². The molecular weight excluding hydrogens is 348 g/mol. The Morgan fingerprint density at radius 3 is 2.56 bits per heavy atom. The Balaban J connectivity index is 1.28. The summed E-state index contributed by atoms with van der Waals surface area (Å²) >= 11 is 0. The molecule has 2 aromatic carbocycles. The molecule has 1 atom stereocenters. The van der Waals surface area contributed by atoms with Crippen LogP contribution >= 0.6 is 0 Å². The number of tetrazole rings is 1. The fourth-order valence-electron chi connectivity index (χ4n) is 2.88. The second-order valence-corrected chi connectivity index (χ2v) is 6.14. The minimum Gasteiger partial charge on any atom is -0.482 e. The zero-order valence-electron chi connectivity index (χ0n) is 14.5. The molecule has 1 unspecified atom stereocenters. The second-order valence-electron chi connectivity index (χ2n) is 6.14. The highest BCUT2D eigenvalue weighted by Crippen LogP contribution is 2.26. The molecule has 4 rings (SSSR count). The first-order chi connectivity index (χ1) is 13.3. The van der Waals surface area contributed by atoms with Crippen molar-refractivity contribution in [2.24, 2.45) is 0 Å². The van der Waals surface area contributed by atoms with E-state index in [4.69, 9.17) is 14.2 Å². The lowest BCUT2D eigenvalue weighted by Gasteiger charge is -2.10. The molecule has 0 aliphatic carbocycles. The van der Waals surface area contributed by atoms with Crippen molar-refractivity contribution < 1.29 is 19.0 Å². The zero-order chi connectivity index (χ0) is 18.5. The summed E-state index contributed by atoms with van der Waals surface area (Å²) in [6, 6.07) is 14.6. The third kappa shape index (κ3) is 4.29. The van der Waals surface area contributed by atoms with Crippen molar-refractivity contribution in [1.29, 1.82) is 0 Å². The Morgan fingerprint density at radius 1 is 1.11 bits per heavy atom. The first-order valence-corrected chi connectivity index (χ1v) is 8.62. The Bertz CT molecular complexity index is 873. The number of hydrogen-bond donors (Lipinski definition) is 0. The van der Waals surface area contributed by atoms with Gasteiger partial charge in [-0.15, -0.1) is 5.10 Å². The van der Waals surface area contributed by atoms with E-state index in [2.05, 4.69) is 15.5 Å². The quantitative estimate of drug-likeness (QED) is 0.488. The van der Waals surface area contributed by atoms with Gasteiger partial charge < -0.3 is 14.2 Å². The molecule has 1 fully saturated rings. The second kappa shape index (κ2) is 7.96. The topological polar surface area (TPSA) is 88.4 Å². The normalized spacial score (nSPS) is 16.2. The Labute approximate surface area is 155 Å². The van der Waals surface area contributed by atoms with Gasteiger partial charge in [-0.3, -0.25) is 0 Å². The van der Waals surface area contributed by atoms with E-state index in [0.717, 1.165) is 25.3 Å². The molecule has 8 nitrogen and oxygen atoms in total. The van der Waals surface area contributed by atoms with Gasteiger partial charge in [-0.1, -0.05) is 12.1 Å². The van der Waals surface area contributed by atoms with E-state index in [0.29, 0.717) is 17.4 Å². The lowest BCUT2D eigenvalue weighted by atomic mass is 9.99. The number of carbonyl (C=O) groups is 1. The van der Waals surface area contributed by atoms with Crippen molar-refractivity contribution in [3.63, 3.8) is 0 Å². The van der Waals surface area contributed by atoms with Gasteiger partial charge in [-0.25, -0.2) is 9.48 Å². The zero-order valence-corrected chi connectivity index (χ0v) is 14.5. The van der Waals surface area contributed by atoms with Crippen molar-refractivity contribution in [1.82, 2.24) is 20.2 Å². The van der Waals surface area contributed by atoms with Gasteiger partial charge in [0.15, 0.2) is 6.61 Å². The molecule has 2 heterocycles. The summed E-state index contributed by atoms with van der Waals surface area (Å²) in [7, 11) is 0. The number of carbonyl (C=O) groups excluding carboxylic acids is 1. The van der Waals surface area contributed by atoms with Crippen LogP contribution in [0.4, 0.5) is 0 Å². The van der Waals surface area contributed by atoms with Crippen LogP contribution in [-0.2, 0) is 9.53 Å². The van der Waals surface area contributed by atoms with Crippen LogP contribution in [0.15, 0.2) is 54.9 Å². The highest BCUT2D eigenvalue weighted by atomic mass is 16.6. The first kappa shape index (κ1) is 17.2.